The molecule has 0 aromatic heterocycles. The van der Waals surface area contributed by atoms with Gasteiger partial charge in [0.05, 0.1) is 0 Å². The first-order chi connectivity index (χ1) is 8.95. The summed E-state index contributed by atoms with van der Waals surface area (Å²) in [5.74, 6) is -3.02. The smallest absolute Gasteiger partial charge is 0.324 e. The van der Waals surface area contributed by atoms with Crippen LogP contribution < -0.4 is 0 Å². The molecule has 112 valence electrons. The van der Waals surface area contributed by atoms with Crippen molar-refractivity contribution in [2.75, 3.05) is 0 Å². The number of carbonyl (C=O) groups excluding carboxylic acids is 1. The van der Waals surface area contributed by atoms with Crippen LogP contribution >= 0.6 is 0 Å². The van der Waals surface area contributed by atoms with Crippen molar-refractivity contribution in [1.29, 1.82) is 0 Å². The van der Waals surface area contributed by atoms with Gasteiger partial charge in [0.1, 0.15) is 22.1 Å². The predicted molar refractivity (Wildman–Crippen MR) is 68.9 cm³/mol. The normalized spacial score (nSPS) is 13.9. The van der Waals surface area contributed by atoms with Gasteiger partial charge in [-0.1, -0.05) is 0 Å². The second-order valence-corrected chi connectivity index (χ2v) is 7.53. The summed E-state index contributed by atoms with van der Waals surface area (Å²) >= 11 is 0. The third-order valence-electron chi connectivity index (χ3n) is 2.40. The summed E-state index contributed by atoms with van der Waals surface area (Å²) in [4.78, 5) is 10.9. The molecule has 0 saturated heterocycles. The molecule has 0 aliphatic rings. The number of hydrogen-bond acceptors (Lipinski definition) is 4. The fourth-order valence-electron chi connectivity index (χ4n) is 1.40. The van der Waals surface area contributed by atoms with E-state index in [1.54, 1.807) is 20.8 Å². The molecular formula is C13H16F2O4S. The summed E-state index contributed by atoms with van der Waals surface area (Å²) < 4.78 is 55.8. The Morgan fingerprint density at radius 3 is 2.30 bits per heavy atom. The van der Waals surface area contributed by atoms with Crippen LogP contribution in [0.15, 0.2) is 23.1 Å². The Hall–Kier alpha value is -1.50. The Kier molecular flexibility index (Phi) is 4.53. The molecule has 4 nitrogen and oxygen atoms in total. The first-order valence-electron chi connectivity index (χ1n) is 5.87. The minimum Gasteiger partial charge on any atom is -0.459 e. The lowest BCUT2D eigenvalue weighted by atomic mass is 10.2. The Morgan fingerprint density at radius 1 is 1.25 bits per heavy atom. The summed E-state index contributed by atoms with van der Waals surface area (Å²) in [6.07, 6.45) is 0. The molecule has 0 bridgehead atoms. The van der Waals surface area contributed by atoms with Crippen molar-refractivity contribution in [1.82, 2.24) is 0 Å². The van der Waals surface area contributed by atoms with Gasteiger partial charge in [-0.3, -0.25) is 4.79 Å². The average Bonchev–Trinajstić information content (AvgIpc) is 2.28. The van der Waals surface area contributed by atoms with Gasteiger partial charge in [0, 0.05) is 0 Å². The highest BCUT2D eigenvalue weighted by molar-refractivity contribution is 7.92. The van der Waals surface area contributed by atoms with Crippen LogP contribution in [0, 0.1) is 11.6 Å². The minimum atomic E-state index is -4.35. The number of esters is 1. The average molecular weight is 306 g/mol. The van der Waals surface area contributed by atoms with Crippen LogP contribution in [0.2, 0.25) is 0 Å². The van der Waals surface area contributed by atoms with Crippen LogP contribution in [0.1, 0.15) is 27.7 Å². The van der Waals surface area contributed by atoms with Crippen molar-refractivity contribution >= 4 is 15.8 Å². The van der Waals surface area contributed by atoms with E-state index in [0.717, 1.165) is 13.0 Å². The molecule has 0 aliphatic heterocycles. The lowest BCUT2D eigenvalue weighted by molar-refractivity contribution is -0.153. The van der Waals surface area contributed by atoms with E-state index in [4.69, 9.17) is 4.74 Å². The summed E-state index contributed by atoms with van der Waals surface area (Å²) in [6, 6.07) is 2.04. The van der Waals surface area contributed by atoms with Crippen molar-refractivity contribution in [3.8, 4) is 0 Å². The molecule has 0 spiro atoms. The molecule has 0 N–H and O–H groups in total. The minimum absolute atomic E-state index is 0.547. The highest BCUT2D eigenvalue weighted by Gasteiger charge is 2.35. The van der Waals surface area contributed by atoms with Gasteiger partial charge in [-0.15, -0.1) is 0 Å². The van der Waals surface area contributed by atoms with E-state index < -0.39 is 43.2 Å². The molecule has 20 heavy (non-hydrogen) atoms. The quantitative estimate of drug-likeness (QED) is 0.805. The summed E-state index contributed by atoms with van der Waals surface area (Å²) in [6.45, 7) is 5.81. The maximum atomic E-state index is 13.5. The van der Waals surface area contributed by atoms with Crippen LogP contribution in [0.3, 0.4) is 0 Å². The van der Waals surface area contributed by atoms with Gasteiger partial charge in [0.15, 0.2) is 15.1 Å². The molecule has 0 fully saturated rings. The Balaban J connectivity index is 3.16. The number of hydrogen-bond donors (Lipinski definition) is 0. The van der Waals surface area contributed by atoms with Crippen LogP contribution in [0.5, 0.6) is 0 Å². The van der Waals surface area contributed by atoms with E-state index in [-0.39, 0.29) is 0 Å². The van der Waals surface area contributed by atoms with Gasteiger partial charge in [-0.25, -0.2) is 17.2 Å². The SMILES string of the molecule is CC(C(=O)OC(C)(C)C)S(=O)(=O)c1cc(F)ccc1F. The maximum Gasteiger partial charge on any atom is 0.324 e. The number of halogens is 2. The molecule has 0 aliphatic carbocycles. The summed E-state index contributed by atoms with van der Waals surface area (Å²) in [7, 11) is -4.35. The van der Waals surface area contributed by atoms with Gasteiger partial charge in [-0.05, 0) is 45.9 Å². The summed E-state index contributed by atoms with van der Waals surface area (Å²) in [5, 5.41) is -1.63. The van der Waals surface area contributed by atoms with E-state index >= 15 is 0 Å². The summed E-state index contributed by atoms with van der Waals surface area (Å²) in [5.41, 5.74) is -0.874. The van der Waals surface area contributed by atoms with Gasteiger partial charge < -0.3 is 4.74 Å². The first-order valence-corrected chi connectivity index (χ1v) is 7.41. The highest BCUT2D eigenvalue weighted by Crippen LogP contribution is 2.22. The number of carbonyl (C=O) groups is 1. The van der Waals surface area contributed by atoms with Gasteiger partial charge in [-0.2, -0.15) is 0 Å². The van der Waals surface area contributed by atoms with Crippen LogP contribution in [-0.4, -0.2) is 25.2 Å². The number of sulfone groups is 1. The molecule has 1 aromatic carbocycles. The maximum absolute atomic E-state index is 13.5. The molecule has 0 radical (unpaired) electrons. The fourth-order valence-corrected chi connectivity index (χ4v) is 2.70. The Labute approximate surface area is 116 Å². The topological polar surface area (TPSA) is 60.4 Å². The molecule has 1 rings (SSSR count). The zero-order valence-corrected chi connectivity index (χ0v) is 12.4. The van der Waals surface area contributed by atoms with Gasteiger partial charge in [0.2, 0.25) is 0 Å². The third kappa shape index (κ3) is 3.75. The molecule has 1 aromatic rings. The molecule has 0 heterocycles. The number of benzene rings is 1. The van der Waals surface area contributed by atoms with Crippen molar-refractivity contribution in [3.63, 3.8) is 0 Å². The molecule has 0 saturated carbocycles. The van der Waals surface area contributed by atoms with Gasteiger partial charge in [0.25, 0.3) is 0 Å². The van der Waals surface area contributed by atoms with Crippen LogP contribution in [0.25, 0.3) is 0 Å². The van der Waals surface area contributed by atoms with E-state index in [1.165, 1.54) is 0 Å². The molecular weight excluding hydrogens is 290 g/mol. The van der Waals surface area contributed by atoms with Gasteiger partial charge >= 0.3 is 5.97 Å². The monoisotopic (exact) mass is 306 g/mol. The zero-order valence-electron chi connectivity index (χ0n) is 11.6. The first kappa shape index (κ1) is 16.6. The van der Waals surface area contributed by atoms with Crippen molar-refractivity contribution in [2.24, 2.45) is 0 Å². The Morgan fingerprint density at radius 2 is 1.80 bits per heavy atom. The molecule has 1 atom stereocenters. The second-order valence-electron chi connectivity index (χ2n) is 5.30. The van der Waals surface area contributed by atoms with Crippen LogP contribution in [-0.2, 0) is 19.4 Å². The second kappa shape index (κ2) is 5.47. The fraction of sp³-hybridized carbons (Fsp3) is 0.462. The predicted octanol–water partition coefficient (Wildman–Crippen LogP) is 2.47. The number of rotatable bonds is 3. The third-order valence-corrected chi connectivity index (χ3v) is 4.45. The van der Waals surface area contributed by atoms with E-state index in [1.807, 2.05) is 0 Å². The molecule has 1 unspecified atom stereocenters. The van der Waals surface area contributed by atoms with Crippen molar-refractivity contribution in [3.05, 3.63) is 29.8 Å². The lowest BCUT2D eigenvalue weighted by Crippen LogP contribution is -2.35. The van der Waals surface area contributed by atoms with Crippen LogP contribution in [0.4, 0.5) is 8.78 Å². The standard InChI is InChI=1S/C13H16F2O4S/c1-8(12(16)19-13(2,3)4)20(17,18)11-7-9(14)5-6-10(11)15/h5-8H,1-4H3. The molecule has 0 amide bonds. The number of ether oxygens (including phenoxy) is 1. The van der Waals surface area contributed by atoms with Crippen molar-refractivity contribution in [2.45, 2.75) is 43.4 Å². The highest BCUT2D eigenvalue weighted by atomic mass is 32.2. The van der Waals surface area contributed by atoms with E-state index in [0.29, 0.717) is 12.1 Å². The molecule has 7 heteroatoms. The van der Waals surface area contributed by atoms with E-state index in [2.05, 4.69) is 0 Å². The van der Waals surface area contributed by atoms with E-state index in [9.17, 15) is 22.0 Å². The largest absolute Gasteiger partial charge is 0.459 e. The zero-order chi connectivity index (χ0) is 15.7. The van der Waals surface area contributed by atoms with Crippen molar-refractivity contribution < 1.29 is 26.7 Å². The lowest BCUT2D eigenvalue weighted by Gasteiger charge is -2.22. The Bertz CT molecular complexity index is 618.